The SMILES string of the molecule is CCC[C@@H](C)[C@H]1CC[C@H]2[C@@H]3CC[C@@H]4C[C@H](O)CC[C@]4(C)C3C[C@H](O)[C@]12C. The minimum absolute atomic E-state index is 0.0749. The predicted molar refractivity (Wildman–Crippen MR) is 107 cm³/mol. The van der Waals surface area contributed by atoms with Gasteiger partial charge in [-0.2, -0.15) is 0 Å². The first-order valence-corrected chi connectivity index (χ1v) is 11.7. The molecule has 4 aliphatic carbocycles. The van der Waals surface area contributed by atoms with Crippen LogP contribution in [0.5, 0.6) is 0 Å². The van der Waals surface area contributed by atoms with Crippen molar-refractivity contribution in [3.8, 4) is 0 Å². The Bertz CT molecular complexity index is 518. The van der Waals surface area contributed by atoms with E-state index >= 15 is 0 Å². The highest BCUT2D eigenvalue weighted by atomic mass is 16.3. The molecule has 10 atom stereocenters. The number of aliphatic hydroxyl groups is 2. The van der Waals surface area contributed by atoms with Crippen molar-refractivity contribution in [2.75, 3.05) is 0 Å². The molecular weight excluding hydrogens is 320 g/mol. The maximum absolute atomic E-state index is 11.5. The summed E-state index contributed by atoms with van der Waals surface area (Å²) in [7, 11) is 0. The fourth-order valence-corrected chi connectivity index (χ4v) is 8.82. The van der Waals surface area contributed by atoms with Gasteiger partial charge in [-0.15, -0.1) is 0 Å². The van der Waals surface area contributed by atoms with Crippen molar-refractivity contribution in [2.45, 2.75) is 104 Å². The van der Waals surface area contributed by atoms with E-state index in [1.165, 1.54) is 44.9 Å². The van der Waals surface area contributed by atoms with Gasteiger partial charge in [0.05, 0.1) is 12.2 Å². The normalized spacial score (nSPS) is 54.9. The molecule has 4 saturated carbocycles. The molecule has 4 rings (SSSR count). The zero-order chi connectivity index (χ0) is 18.7. The Labute approximate surface area is 161 Å². The summed E-state index contributed by atoms with van der Waals surface area (Å²) in [6.45, 7) is 9.73. The minimum atomic E-state index is -0.122. The second kappa shape index (κ2) is 6.76. The third kappa shape index (κ3) is 2.65. The zero-order valence-corrected chi connectivity index (χ0v) is 17.6. The van der Waals surface area contributed by atoms with E-state index in [4.69, 9.17) is 0 Å². The van der Waals surface area contributed by atoms with Crippen LogP contribution in [0.2, 0.25) is 0 Å². The van der Waals surface area contributed by atoms with Crippen LogP contribution in [-0.2, 0) is 0 Å². The van der Waals surface area contributed by atoms with Gasteiger partial charge in [0.15, 0.2) is 0 Å². The molecule has 0 aromatic heterocycles. The summed E-state index contributed by atoms with van der Waals surface area (Å²) in [6.07, 6.45) is 11.9. The van der Waals surface area contributed by atoms with E-state index < -0.39 is 0 Å². The number of hydrogen-bond acceptors (Lipinski definition) is 2. The second-order valence-corrected chi connectivity index (χ2v) is 11.2. The van der Waals surface area contributed by atoms with E-state index in [2.05, 4.69) is 27.7 Å². The quantitative estimate of drug-likeness (QED) is 0.704. The summed E-state index contributed by atoms with van der Waals surface area (Å²) >= 11 is 0. The van der Waals surface area contributed by atoms with Crippen molar-refractivity contribution >= 4 is 0 Å². The summed E-state index contributed by atoms with van der Waals surface area (Å²) in [5, 5.41) is 21.7. The molecular formula is C24H42O2. The first-order valence-electron chi connectivity index (χ1n) is 11.7. The van der Waals surface area contributed by atoms with Gasteiger partial charge in [0.25, 0.3) is 0 Å². The van der Waals surface area contributed by atoms with Gasteiger partial charge >= 0.3 is 0 Å². The van der Waals surface area contributed by atoms with E-state index in [1.54, 1.807) is 0 Å². The molecule has 4 fully saturated rings. The Morgan fingerprint density at radius 3 is 2.46 bits per heavy atom. The van der Waals surface area contributed by atoms with Gasteiger partial charge < -0.3 is 10.2 Å². The molecule has 150 valence electrons. The molecule has 0 amide bonds. The van der Waals surface area contributed by atoms with Crippen LogP contribution in [0, 0.1) is 46.3 Å². The first-order chi connectivity index (χ1) is 12.3. The summed E-state index contributed by atoms with van der Waals surface area (Å²) in [4.78, 5) is 0. The molecule has 4 aliphatic rings. The zero-order valence-electron chi connectivity index (χ0n) is 17.6. The predicted octanol–water partition coefficient (Wildman–Crippen LogP) is 5.41. The summed E-state index contributed by atoms with van der Waals surface area (Å²) in [6, 6.07) is 0. The molecule has 26 heavy (non-hydrogen) atoms. The molecule has 0 saturated heterocycles. The smallest absolute Gasteiger partial charge is 0.0602 e. The Hall–Kier alpha value is -0.0800. The number of aliphatic hydroxyl groups excluding tert-OH is 2. The van der Waals surface area contributed by atoms with E-state index in [-0.39, 0.29) is 17.6 Å². The van der Waals surface area contributed by atoms with E-state index in [1.807, 2.05) is 0 Å². The first kappa shape index (κ1) is 19.2. The van der Waals surface area contributed by atoms with E-state index in [0.29, 0.717) is 23.2 Å². The Kier molecular flexibility index (Phi) is 5.01. The van der Waals surface area contributed by atoms with Crippen LogP contribution in [0.3, 0.4) is 0 Å². The third-order valence-corrected chi connectivity index (χ3v) is 10.2. The average molecular weight is 363 g/mol. The van der Waals surface area contributed by atoms with Crippen molar-refractivity contribution in [3.05, 3.63) is 0 Å². The van der Waals surface area contributed by atoms with Crippen molar-refractivity contribution in [2.24, 2.45) is 46.3 Å². The number of rotatable bonds is 3. The fourth-order valence-electron chi connectivity index (χ4n) is 8.82. The van der Waals surface area contributed by atoms with Crippen LogP contribution in [0.25, 0.3) is 0 Å². The molecule has 0 bridgehead atoms. The molecule has 0 aliphatic heterocycles. The Morgan fingerprint density at radius 2 is 1.73 bits per heavy atom. The van der Waals surface area contributed by atoms with Crippen LogP contribution in [0.1, 0.15) is 91.9 Å². The molecule has 0 spiro atoms. The van der Waals surface area contributed by atoms with Gasteiger partial charge in [0, 0.05) is 0 Å². The van der Waals surface area contributed by atoms with Crippen molar-refractivity contribution in [3.63, 3.8) is 0 Å². The van der Waals surface area contributed by atoms with Crippen molar-refractivity contribution in [1.29, 1.82) is 0 Å². The Balaban J connectivity index is 1.61. The van der Waals surface area contributed by atoms with Gasteiger partial charge in [0.1, 0.15) is 0 Å². The molecule has 0 radical (unpaired) electrons. The summed E-state index contributed by atoms with van der Waals surface area (Å²) in [5.74, 6) is 4.37. The lowest BCUT2D eigenvalue weighted by Crippen LogP contribution is -2.58. The highest BCUT2D eigenvalue weighted by Gasteiger charge is 2.63. The van der Waals surface area contributed by atoms with Gasteiger partial charge in [-0.05, 0) is 97.7 Å². The monoisotopic (exact) mass is 362 g/mol. The number of hydrogen-bond donors (Lipinski definition) is 2. The molecule has 2 nitrogen and oxygen atoms in total. The lowest BCUT2D eigenvalue weighted by atomic mass is 9.43. The molecule has 2 N–H and O–H groups in total. The average Bonchev–Trinajstić information content (AvgIpc) is 2.96. The minimum Gasteiger partial charge on any atom is -0.393 e. The highest BCUT2D eigenvalue weighted by molar-refractivity contribution is 5.12. The second-order valence-electron chi connectivity index (χ2n) is 11.2. The van der Waals surface area contributed by atoms with Gasteiger partial charge in [0.2, 0.25) is 0 Å². The van der Waals surface area contributed by atoms with Crippen LogP contribution in [0.15, 0.2) is 0 Å². The van der Waals surface area contributed by atoms with Gasteiger partial charge in [-0.25, -0.2) is 0 Å². The van der Waals surface area contributed by atoms with Crippen LogP contribution in [0.4, 0.5) is 0 Å². The highest BCUT2D eigenvalue weighted by Crippen LogP contribution is 2.68. The van der Waals surface area contributed by atoms with Gasteiger partial charge in [-0.3, -0.25) is 0 Å². The summed E-state index contributed by atoms with van der Waals surface area (Å²) in [5.41, 5.74) is 0.505. The standard InChI is InChI=1S/C24H42O2/c1-5-6-15(2)19-9-10-20-18-8-7-16-13-17(25)11-12-23(16,3)21(18)14-22(26)24(19,20)4/h15-22,25-26H,5-14H2,1-4H3/t15-,16-,17-,18+,19-,20+,21?,22+,23+,24-/m1/s1. The molecule has 0 heterocycles. The third-order valence-electron chi connectivity index (χ3n) is 10.2. The lowest BCUT2D eigenvalue weighted by Gasteiger charge is -2.62. The molecule has 2 heteroatoms. The molecule has 0 aromatic carbocycles. The van der Waals surface area contributed by atoms with E-state index in [0.717, 1.165) is 37.0 Å². The van der Waals surface area contributed by atoms with E-state index in [9.17, 15) is 10.2 Å². The Morgan fingerprint density at radius 1 is 0.962 bits per heavy atom. The largest absolute Gasteiger partial charge is 0.393 e. The van der Waals surface area contributed by atoms with Crippen molar-refractivity contribution < 1.29 is 10.2 Å². The van der Waals surface area contributed by atoms with Crippen LogP contribution < -0.4 is 0 Å². The number of fused-ring (bicyclic) bond motifs is 5. The fraction of sp³-hybridized carbons (Fsp3) is 1.00. The topological polar surface area (TPSA) is 40.5 Å². The van der Waals surface area contributed by atoms with Crippen LogP contribution >= 0.6 is 0 Å². The molecule has 1 unspecified atom stereocenters. The summed E-state index contributed by atoms with van der Waals surface area (Å²) < 4.78 is 0. The maximum Gasteiger partial charge on any atom is 0.0602 e. The van der Waals surface area contributed by atoms with Gasteiger partial charge in [-0.1, -0.05) is 40.5 Å². The van der Waals surface area contributed by atoms with Crippen LogP contribution in [-0.4, -0.2) is 22.4 Å². The maximum atomic E-state index is 11.5. The van der Waals surface area contributed by atoms with Crippen molar-refractivity contribution in [1.82, 2.24) is 0 Å². The molecule has 0 aromatic rings. The lowest BCUT2D eigenvalue weighted by molar-refractivity contribution is -0.174.